The van der Waals surface area contributed by atoms with Gasteiger partial charge in [-0.05, 0) is 39.5 Å². The second-order valence-electron chi connectivity index (χ2n) is 6.99. The Kier molecular flexibility index (Phi) is 4.59. The number of hydrogen-bond acceptors (Lipinski definition) is 3. The van der Waals surface area contributed by atoms with Crippen LogP contribution >= 0.6 is 0 Å². The van der Waals surface area contributed by atoms with Crippen LogP contribution in [-0.2, 0) is 4.74 Å². The molecule has 0 atom stereocenters. The van der Waals surface area contributed by atoms with Gasteiger partial charge in [-0.1, -0.05) is 0 Å². The van der Waals surface area contributed by atoms with Gasteiger partial charge < -0.3 is 14.5 Å². The molecule has 2 aliphatic heterocycles. The summed E-state index contributed by atoms with van der Waals surface area (Å²) in [6, 6.07) is 0. The first-order valence-electron chi connectivity index (χ1n) is 7.54. The molecule has 0 aromatic carbocycles. The Labute approximate surface area is 122 Å². The molecule has 0 aliphatic carbocycles. The summed E-state index contributed by atoms with van der Waals surface area (Å²) < 4.78 is 5.41. The maximum absolute atomic E-state index is 12.0. The molecule has 0 unspecified atom stereocenters. The van der Waals surface area contributed by atoms with Crippen molar-refractivity contribution in [3.05, 3.63) is 0 Å². The smallest absolute Gasteiger partial charge is 0.410 e. The lowest BCUT2D eigenvalue weighted by molar-refractivity contribution is 0.0148. The van der Waals surface area contributed by atoms with E-state index in [1.165, 1.54) is 0 Å². The zero-order chi connectivity index (χ0) is 14.8. The van der Waals surface area contributed by atoms with Crippen LogP contribution in [0.3, 0.4) is 0 Å². The minimum atomic E-state index is -0.407. The topological polar surface area (TPSA) is 32.8 Å². The van der Waals surface area contributed by atoms with Crippen molar-refractivity contribution in [1.82, 2.24) is 9.80 Å². The predicted octanol–water partition coefficient (Wildman–Crippen LogP) is 2.20. The number of terminal acetylenes is 1. The largest absolute Gasteiger partial charge is 0.444 e. The van der Waals surface area contributed by atoms with Crippen LogP contribution in [0.2, 0.25) is 0 Å². The third-order valence-corrected chi connectivity index (χ3v) is 3.98. The van der Waals surface area contributed by atoms with Crippen molar-refractivity contribution in [1.29, 1.82) is 0 Å². The number of carbonyl (C=O) groups is 1. The van der Waals surface area contributed by atoms with Gasteiger partial charge >= 0.3 is 6.09 Å². The van der Waals surface area contributed by atoms with Crippen LogP contribution < -0.4 is 0 Å². The Morgan fingerprint density at radius 1 is 1.30 bits per heavy atom. The van der Waals surface area contributed by atoms with Gasteiger partial charge in [-0.15, -0.1) is 12.3 Å². The molecule has 0 saturated carbocycles. The number of ether oxygens (including phenoxy) is 1. The Morgan fingerprint density at radius 2 is 1.90 bits per heavy atom. The molecule has 0 radical (unpaired) electrons. The van der Waals surface area contributed by atoms with Crippen LogP contribution in [0.1, 0.15) is 33.6 Å². The minimum Gasteiger partial charge on any atom is -0.444 e. The zero-order valence-electron chi connectivity index (χ0n) is 12.9. The van der Waals surface area contributed by atoms with Crippen LogP contribution in [0.15, 0.2) is 0 Å². The van der Waals surface area contributed by atoms with Crippen molar-refractivity contribution in [3.63, 3.8) is 0 Å². The van der Waals surface area contributed by atoms with Crippen LogP contribution in [0, 0.1) is 24.2 Å². The fraction of sp³-hybridized carbons (Fsp3) is 0.812. The Morgan fingerprint density at radius 3 is 2.40 bits per heavy atom. The van der Waals surface area contributed by atoms with E-state index < -0.39 is 5.60 Å². The quantitative estimate of drug-likeness (QED) is 0.726. The molecule has 2 rings (SSSR count). The lowest BCUT2D eigenvalue weighted by Gasteiger charge is -2.41. The van der Waals surface area contributed by atoms with E-state index in [1.807, 2.05) is 25.7 Å². The Bertz CT molecular complexity index is 380. The van der Waals surface area contributed by atoms with Crippen molar-refractivity contribution in [2.24, 2.45) is 11.8 Å². The number of piperidine rings is 1. The van der Waals surface area contributed by atoms with Crippen LogP contribution in [0.4, 0.5) is 4.79 Å². The number of rotatable bonds is 2. The maximum atomic E-state index is 12.0. The Hall–Kier alpha value is -1.21. The van der Waals surface area contributed by atoms with E-state index in [0.717, 1.165) is 45.6 Å². The number of carbonyl (C=O) groups excluding carboxylic acids is 1. The Balaban J connectivity index is 1.68. The molecule has 2 aliphatic rings. The van der Waals surface area contributed by atoms with E-state index in [2.05, 4.69) is 10.8 Å². The molecule has 20 heavy (non-hydrogen) atoms. The zero-order valence-corrected chi connectivity index (χ0v) is 12.9. The summed E-state index contributed by atoms with van der Waals surface area (Å²) in [6.45, 7) is 10.6. The predicted molar refractivity (Wildman–Crippen MR) is 79.3 cm³/mol. The van der Waals surface area contributed by atoms with Gasteiger partial charge in [0.1, 0.15) is 5.60 Å². The average molecular weight is 278 g/mol. The molecule has 1 amide bonds. The first-order valence-corrected chi connectivity index (χ1v) is 7.54. The molecular weight excluding hydrogens is 252 g/mol. The number of nitrogens with zero attached hydrogens (tertiary/aromatic N) is 2. The summed E-state index contributed by atoms with van der Waals surface area (Å²) >= 11 is 0. The van der Waals surface area contributed by atoms with Crippen LogP contribution in [0.5, 0.6) is 0 Å². The monoisotopic (exact) mass is 278 g/mol. The van der Waals surface area contributed by atoms with Crippen LogP contribution in [0.25, 0.3) is 0 Å². The van der Waals surface area contributed by atoms with Gasteiger partial charge in [0.05, 0.1) is 0 Å². The molecule has 112 valence electrons. The molecule has 0 bridgehead atoms. The van der Waals surface area contributed by atoms with E-state index in [9.17, 15) is 4.79 Å². The minimum absolute atomic E-state index is 0.174. The molecule has 4 nitrogen and oxygen atoms in total. The summed E-state index contributed by atoms with van der Waals surface area (Å²) in [7, 11) is 0. The highest BCUT2D eigenvalue weighted by molar-refractivity contribution is 5.68. The highest BCUT2D eigenvalue weighted by Gasteiger charge is 2.30. The van der Waals surface area contributed by atoms with Gasteiger partial charge in [0, 0.05) is 38.6 Å². The molecule has 4 heteroatoms. The molecule has 2 heterocycles. The molecule has 0 N–H and O–H groups in total. The maximum Gasteiger partial charge on any atom is 0.410 e. The summed E-state index contributed by atoms with van der Waals surface area (Å²) in [5, 5.41) is 0. The summed E-state index contributed by atoms with van der Waals surface area (Å²) in [4.78, 5) is 16.2. The van der Waals surface area contributed by atoms with Crippen molar-refractivity contribution < 1.29 is 9.53 Å². The van der Waals surface area contributed by atoms with E-state index in [0.29, 0.717) is 11.8 Å². The first-order chi connectivity index (χ1) is 9.37. The lowest BCUT2D eigenvalue weighted by Crippen LogP contribution is -2.50. The fourth-order valence-electron chi connectivity index (χ4n) is 2.81. The van der Waals surface area contributed by atoms with Gasteiger partial charge in [0.25, 0.3) is 0 Å². The van der Waals surface area contributed by atoms with Crippen molar-refractivity contribution in [3.8, 4) is 12.3 Å². The van der Waals surface area contributed by atoms with Gasteiger partial charge in [-0.25, -0.2) is 4.79 Å². The summed E-state index contributed by atoms with van der Waals surface area (Å²) in [5.41, 5.74) is -0.407. The molecular formula is C16H26N2O2. The van der Waals surface area contributed by atoms with E-state index in [-0.39, 0.29) is 6.09 Å². The second-order valence-corrected chi connectivity index (χ2v) is 6.99. The van der Waals surface area contributed by atoms with Crippen molar-refractivity contribution >= 4 is 6.09 Å². The van der Waals surface area contributed by atoms with Gasteiger partial charge in [0.15, 0.2) is 0 Å². The van der Waals surface area contributed by atoms with E-state index >= 15 is 0 Å². The van der Waals surface area contributed by atoms with E-state index in [4.69, 9.17) is 11.2 Å². The molecule has 0 spiro atoms. The normalized spacial score (nSPS) is 22.2. The van der Waals surface area contributed by atoms with Gasteiger partial charge in [-0.3, -0.25) is 0 Å². The third kappa shape index (κ3) is 4.14. The number of hydrogen-bond donors (Lipinski definition) is 0. The van der Waals surface area contributed by atoms with Gasteiger partial charge in [-0.2, -0.15) is 0 Å². The highest BCUT2D eigenvalue weighted by atomic mass is 16.6. The summed E-state index contributed by atoms with van der Waals surface area (Å²) in [6.07, 6.45) is 7.35. The molecule has 2 fully saturated rings. The molecule has 0 aromatic rings. The molecule has 2 saturated heterocycles. The standard InChI is InChI=1S/C16H26N2O2/c1-5-13-10-17(11-13)12-14-6-8-18(9-7-14)15(19)20-16(2,3)4/h1,13-14H,6-12H2,2-4H3. The highest BCUT2D eigenvalue weighted by Crippen LogP contribution is 2.23. The van der Waals surface area contributed by atoms with Gasteiger partial charge in [0.2, 0.25) is 0 Å². The van der Waals surface area contributed by atoms with Crippen molar-refractivity contribution in [2.45, 2.75) is 39.2 Å². The third-order valence-electron chi connectivity index (χ3n) is 3.98. The SMILES string of the molecule is C#CC1CN(CC2CCN(C(=O)OC(C)(C)C)CC2)C1. The van der Waals surface area contributed by atoms with E-state index in [1.54, 1.807) is 0 Å². The summed E-state index contributed by atoms with van der Waals surface area (Å²) in [5.74, 6) is 3.94. The van der Waals surface area contributed by atoms with Crippen molar-refractivity contribution in [2.75, 3.05) is 32.7 Å². The molecule has 0 aromatic heterocycles. The fourth-order valence-corrected chi connectivity index (χ4v) is 2.81. The lowest BCUT2D eigenvalue weighted by atomic mass is 9.93. The average Bonchev–Trinajstić information content (AvgIpc) is 2.31. The second kappa shape index (κ2) is 6.05. The van der Waals surface area contributed by atoms with Crippen LogP contribution in [-0.4, -0.2) is 54.2 Å². The number of likely N-dealkylation sites (tertiary alicyclic amines) is 2. The first kappa shape index (κ1) is 15.2. The number of amides is 1.